The minimum absolute atomic E-state index is 0.0636. The number of carbonyl (C=O) groups is 2. The Hall–Kier alpha value is -3.23. The first-order valence-electron chi connectivity index (χ1n) is 12.2. The van der Waals surface area contributed by atoms with Gasteiger partial charge in [0, 0.05) is 29.6 Å². The van der Waals surface area contributed by atoms with Gasteiger partial charge in [0.1, 0.15) is 28.9 Å². The second-order valence-electron chi connectivity index (χ2n) is 9.60. The minimum Gasteiger partial charge on any atom is -0.507 e. The van der Waals surface area contributed by atoms with Gasteiger partial charge in [0.15, 0.2) is 0 Å². The number of piperidine rings is 1. The van der Waals surface area contributed by atoms with Crippen molar-refractivity contribution in [1.29, 1.82) is 0 Å². The maximum Gasteiger partial charge on any atom is 0.290 e. The molecule has 0 unspecified atom stereocenters. The van der Waals surface area contributed by atoms with Crippen LogP contribution in [0, 0.1) is 27.7 Å². The number of furan rings is 1. The quantitative estimate of drug-likeness (QED) is 0.426. The van der Waals surface area contributed by atoms with Crippen molar-refractivity contribution in [2.75, 3.05) is 13.1 Å². The molecular formula is C28H30N2O5S. The highest BCUT2D eigenvalue weighted by atomic mass is 32.2. The third-order valence-electron chi connectivity index (χ3n) is 7.16. The standard InChI is InChI=1S/C28H30N2O5S/c1-15-16(2)26-24(17(3)25(15)31)22(18(4)34-26)14-30-11-5-6-21(13-30)35-20-9-7-19(8-10-20)12-23-27(32)29-28(33)36-23/h7-10,12,21,31H,5-6,11,13-14H2,1-4H3,(H,29,32,33)/b23-12-/t21-/m1/s1. The number of aromatic hydroxyl groups is 1. The first-order chi connectivity index (χ1) is 17.2. The molecule has 0 bridgehead atoms. The molecule has 1 atom stereocenters. The Balaban J connectivity index is 1.28. The summed E-state index contributed by atoms with van der Waals surface area (Å²) in [5.74, 6) is 1.66. The second-order valence-corrected chi connectivity index (χ2v) is 10.6. The molecule has 0 saturated carbocycles. The molecule has 0 aliphatic carbocycles. The van der Waals surface area contributed by atoms with Crippen LogP contribution in [0.1, 0.15) is 46.4 Å². The van der Waals surface area contributed by atoms with Gasteiger partial charge in [-0.05, 0) is 93.7 Å². The van der Waals surface area contributed by atoms with E-state index in [4.69, 9.17) is 9.15 Å². The summed E-state index contributed by atoms with van der Waals surface area (Å²) in [7, 11) is 0. The van der Waals surface area contributed by atoms with Crippen molar-refractivity contribution in [3.8, 4) is 11.5 Å². The maximum atomic E-state index is 11.8. The highest BCUT2D eigenvalue weighted by molar-refractivity contribution is 8.18. The largest absolute Gasteiger partial charge is 0.507 e. The Morgan fingerprint density at radius 1 is 1.14 bits per heavy atom. The van der Waals surface area contributed by atoms with Crippen molar-refractivity contribution in [2.45, 2.75) is 53.2 Å². The number of aryl methyl sites for hydroxylation is 3. The van der Waals surface area contributed by atoms with Gasteiger partial charge in [-0.1, -0.05) is 12.1 Å². The van der Waals surface area contributed by atoms with Gasteiger partial charge in [-0.2, -0.15) is 0 Å². The molecule has 2 fully saturated rings. The van der Waals surface area contributed by atoms with Crippen LogP contribution in [-0.4, -0.2) is 40.3 Å². The molecule has 188 valence electrons. The molecule has 36 heavy (non-hydrogen) atoms. The number of phenolic OH excluding ortho intramolecular Hbond substituents is 1. The minimum atomic E-state index is -0.357. The third kappa shape index (κ3) is 4.63. The number of likely N-dealkylation sites (tertiary alicyclic amines) is 1. The average Bonchev–Trinajstić information content (AvgIpc) is 3.35. The van der Waals surface area contributed by atoms with E-state index in [1.807, 2.05) is 52.0 Å². The van der Waals surface area contributed by atoms with Crippen molar-refractivity contribution >= 4 is 40.0 Å². The summed E-state index contributed by atoms with van der Waals surface area (Å²) >= 11 is 0.911. The van der Waals surface area contributed by atoms with Crippen LogP contribution in [0.25, 0.3) is 17.0 Å². The molecule has 0 spiro atoms. The van der Waals surface area contributed by atoms with Gasteiger partial charge in [0.25, 0.3) is 11.1 Å². The lowest BCUT2D eigenvalue weighted by molar-refractivity contribution is -0.115. The fourth-order valence-electron chi connectivity index (χ4n) is 5.06. The van der Waals surface area contributed by atoms with E-state index in [-0.39, 0.29) is 17.3 Å². The number of rotatable bonds is 5. The second kappa shape index (κ2) is 9.67. The zero-order chi connectivity index (χ0) is 25.6. The Kier molecular flexibility index (Phi) is 6.57. The summed E-state index contributed by atoms with van der Waals surface area (Å²) in [5.41, 5.74) is 5.57. The molecule has 0 radical (unpaired) electrons. The van der Waals surface area contributed by atoms with E-state index in [0.717, 1.165) is 94.5 Å². The van der Waals surface area contributed by atoms with Crippen LogP contribution in [0.15, 0.2) is 33.6 Å². The molecule has 2 aliphatic rings. The van der Waals surface area contributed by atoms with E-state index in [2.05, 4.69) is 10.2 Å². The highest BCUT2D eigenvalue weighted by Gasteiger charge is 2.27. The van der Waals surface area contributed by atoms with Gasteiger partial charge in [0.05, 0.1) is 4.91 Å². The summed E-state index contributed by atoms with van der Waals surface area (Å²) < 4.78 is 12.5. The van der Waals surface area contributed by atoms with Gasteiger partial charge < -0.3 is 14.3 Å². The van der Waals surface area contributed by atoms with Crippen LogP contribution >= 0.6 is 11.8 Å². The molecule has 1 aromatic heterocycles. The van der Waals surface area contributed by atoms with Gasteiger partial charge in [-0.25, -0.2) is 0 Å². The summed E-state index contributed by atoms with van der Waals surface area (Å²) in [5, 5.41) is 13.6. The lowest BCUT2D eigenvalue weighted by Gasteiger charge is -2.33. The SMILES string of the molecule is Cc1oc2c(C)c(C)c(O)c(C)c2c1CN1CCC[C@@H](Oc2ccc(/C=C3\SC(=O)NC3=O)cc2)C1. The molecule has 5 rings (SSSR count). The number of ether oxygens (including phenoxy) is 1. The molecule has 2 aromatic carbocycles. The van der Waals surface area contributed by atoms with Gasteiger partial charge in [0.2, 0.25) is 0 Å². The Bertz CT molecular complexity index is 1390. The molecular weight excluding hydrogens is 476 g/mol. The Morgan fingerprint density at radius 2 is 1.89 bits per heavy atom. The van der Waals surface area contributed by atoms with Crippen LogP contribution in [0.3, 0.4) is 0 Å². The van der Waals surface area contributed by atoms with Crippen molar-refractivity contribution in [3.05, 3.63) is 62.7 Å². The van der Waals surface area contributed by atoms with E-state index in [9.17, 15) is 14.7 Å². The molecule has 8 heteroatoms. The van der Waals surface area contributed by atoms with Crippen LogP contribution in [-0.2, 0) is 11.3 Å². The number of fused-ring (bicyclic) bond motifs is 1. The first kappa shape index (κ1) is 24.5. The third-order valence-corrected chi connectivity index (χ3v) is 7.97. The predicted octanol–water partition coefficient (Wildman–Crippen LogP) is 5.74. The number of imide groups is 1. The molecule has 2 saturated heterocycles. The number of hydrogen-bond acceptors (Lipinski definition) is 7. The van der Waals surface area contributed by atoms with Gasteiger partial charge >= 0.3 is 0 Å². The van der Waals surface area contributed by atoms with Crippen molar-refractivity contribution in [1.82, 2.24) is 10.2 Å². The van der Waals surface area contributed by atoms with E-state index in [0.29, 0.717) is 10.7 Å². The van der Waals surface area contributed by atoms with E-state index >= 15 is 0 Å². The number of thioether (sulfide) groups is 1. The van der Waals surface area contributed by atoms with Crippen molar-refractivity contribution in [2.24, 2.45) is 0 Å². The topological polar surface area (TPSA) is 92.0 Å². The summed E-state index contributed by atoms with van der Waals surface area (Å²) in [6, 6.07) is 7.57. The Labute approximate surface area is 214 Å². The van der Waals surface area contributed by atoms with E-state index < -0.39 is 0 Å². The lowest BCUT2D eigenvalue weighted by atomic mass is 9.97. The zero-order valence-electron chi connectivity index (χ0n) is 20.9. The monoisotopic (exact) mass is 506 g/mol. The van der Waals surface area contributed by atoms with Crippen LogP contribution in [0.4, 0.5) is 4.79 Å². The molecule has 3 heterocycles. The number of phenols is 1. The fourth-order valence-corrected chi connectivity index (χ4v) is 5.74. The summed E-state index contributed by atoms with van der Waals surface area (Å²) in [6.45, 7) is 10.4. The first-order valence-corrected chi connectivity index (χ1v) is 13.0. The lowest BCUT2D eigenvalue weighted by Crippen LogP contribution is -2.40. The van der Waals surface area contributed by atoms with E-state index in [1.54, 1.807) is 6.08 Å². The molecule has 7 nitrogen and oxygen atoms in total. The maximum absolute atomic E-state index is 11.8. The smallest absolute Gasteiger partial charge is 0.290 e. The number of carbonyl (C=O) groups excluding carboxylic acids is 2. The number of benzene rings is 2. The molecule has 2 aliphatic heterocycles. The molecule has 3 aromatic rings. The van der Waals surface area contributed by atoms with Crippen LogP contribution in [0.5, 0.6) is 11.5 Å². The van der Waals surface area contributed by atoms with Gasteiger partial charge in [-0.3, -0.25) is 19.8 Å². The van der Waals surface area contributed by atoms with E-state index in [1.165, 1.54) is 0 Å². The zero-order valence-corrected chi connectivity index (χ0v) is 21.8. The van der Waals surface area contributed by atoms with Crippen molar-refractivity contribution in [3.63, 3.8) is 0 Å². The fraction of sp³-hybridized carbons (Fsp3) is 0.357. The summed E-state index contributed by atoms with van der Waals surface area (Å²) in [4.78, 5) is 25.9. The predicted molar refractivity (Wildman–Crippen MR) is 141 cm³/mol. The molecule has 2 amide bonds. The normalized spacial score (nSPS) is 19.9. The number of nitrogens with one attached hydrogen (secondary N) is 1. The number of nitrogens with zero attached hydrogens (tertiary/aromatic N) is 1. The Morgan fingerprint density at radius 3 is 2.58 bits per heavy atom. The number of hydrogen-bond donors (Lipinski definition) is 2. The van der Waals surface area contributed by atoms with Crippen LogP contribution < -0.4 is 10.1 Å². The highest BCUT2D eigenvalue weighted by Crippen LogP contribution is 2.39. The van der Waals surface area contributed by atoms with Crippen molar-refractivity contribution < 1.29 is 23.8 Å². The van der Waals surface area contributed by atoms with Gasteiger partial charge in [-0.15, -0.1) is 0 Å². The molecule has 2 N–H and O–H groups in total. The average molecular weight is 507 g/mol. The summed E-state index contributed by atoms with van der Waals surface area (Å²) in [6.07, 6.45) is 3.78. The van der Waals surface area contributed by atoms with Crippen LogP contribution in [0.2, 0.25) is 0 Å². The number of amides is 2.